The maximum Gasteiger partial charge on any atom is 0.320 e. The maximum absolute atomic E-state index is 12.7. The van der Waals surface area contributed by atoms with Crippen LogP contribution < -0.4 is 25.4 Å². The minimum absolute atomic E-state index is 0.364. The summed E-state index contributed by atoms with van der Waals surface area (Å²) in [5.41, 5.74) is 1.52. The number of nitrogens with one attached hydrogen (secondary N) is 3. The highest BCUT2D eigenvalue weighted by atomic mass is 16.5. The summed E-state index contributed by atoms with van der Waals surface area (Å²) in [5, 5.41) is 9.77. The molecule has 3 aromatic rings. The fourth-order valence-corrected chi connectivity index (χ4v) is 3.40. The third-order valence-electron chi connectivity index (χ3n) is 5.02. The van der Waals surface area contributed by atoms with Crippen LogP contribution in [0.1, 0.15) is 27.2 Å². The van der Waals surface area contributed by atoms with Gasteiger partial charge in [0.25, 0.3) is 0 Å². The van der Waals surface area contributed by atoms with Crippen LogP contribution in [0.5, 0.6) is 11.5 Å². The Labute approximate surface area is 206 Å². The molecule has 0 radical (unpaired) electrons. The van der Waals surface area contributed by atoms with Crippen molar-refractivity contribution >= 4 is 28.8 Å². The Hall–Kier alpha value is -3.66. The molecular formula is C25H35N7O3. The molecule has 0 unspecified atom stereocenters. The zero-order valence-corrected chi connectivity index (χ0v) is 21.5. The Morgan fingerprint density at radius 3 is 2.31 bits per heavy atom. The first-order valence-corrected chi connectivity index (χ1v) is 11.5. The highest BCUT2D eigenvalue weighted by Crippen LogP contribution is 2.35. The van der Waals surface area contributed by atoms with E-state index in [1.807, 2.05) is 53.1 Å². The SMILES string of the molecule is COc1cc(OC)cc(-c2cc3cnc(NCCCN(C)C)nc3nc2NC(=O)NC(C)(C)C)c1. The lowest BCUT2D eigenvalue weighted by molar-refractivity contribution is 0.243. The van der Waals surface area contributed by atoms with E-state index >= 15 is 0 Å². The number of pyridine rings is 1. The number of benzene rings is 1. The Morgan fingerprint density at radius 2 is 1.71 bits per heavy atom. The van der Waals surface area contributed by atoms with Crippen molar-refractivity contribution in [3.63, 3.8) is 0 Å². The number of hydrogen-bond donors (Lipinski definition) is 3. The van der Waals surface area contributed by atoms with Crippen molar-refractivity contribution < 1.29 is 14.3 Å². The molecule has 2 amide bonds. The van der Waals surface area contributed by atoms with E-state index in [9.17, 15) is 4.79 Å². The van der Waals surface area contributed by atoms with Crippen molar-refractivity contribution in [2.75, 3.05) is 52.0 Å². The summed E-state index contributed by atoms with van der Waals surface area (Å²) in [6.07, 6.45) is 2.68. The predicted molar refractivity (Wildman–Crippen MR) is 139 cm³/mol. The molecule has 1 aromatic carbocycles. The van der Waals surface area contributed by atoms with E-state index < -0.39 is 5.54 Å². The first-order chi connectivity index (χ1) is 16.6. The van der Waals surface area contributed by atoms with Crippen molar-refractivity contribution in [1.82, 2.24) is 25.2 Å². The van der Waals surface area contributed by atoms with Crippen molar-refractivity contribution in [2.24, 2.45) is 0 Å². The molecule has 188 valence electrons. The summed E-state index contributed by atoms with van der Waals surface area (Å²) in [4.78, 5) is 28.6. The van der Waals surface area contributed by atoms with Gasteiger partial charge in [-0.1, -0.05) is 0 Å². The smallest absolute Gasteiger partial charge is 0.320 e. The Balaban J connectivity index is 2.02. The van der Waals surface area contributed by atoms with Crippen LogP contribution in [0, 0.1) is 0 Å². The summed E-state index contributed by atoms with van der Waals surface area (Å²) in [6, 6.07) is 7.05. The molecule has 2 heterocycles. The summed E-state index contributed by atoms with van der Waals surface area (Å²) in [7, 11) is 7.26. The molecule has 0 fully saturated rings. The summed E-state index contributed by atoms with van der Waals surface area (Å²) in [5.74, 6) is 2.10. The number of aromatic nitrogens is 3. The topological polar surface area (TPSA) is 114 Å². The molecule has 2 aromatic heterocycles. The first kappa shape index (κ1) is 26.0. The van der Waals surface area contributed by atoms with E-state index in [2.05, 4.69) is 30.8 Å². The van der Waals surface area contributed by atoms with Gasteiger partial charge in [-0.3, -0.25) is 5.32 Å². The number of amides is 2. The van der Waals surface area contributed by atoms with E-state index in [4.69, 9.17) is 14.5 Å². The third kappa shape index (κ3) is 7.41. The van der Waals surface area contributed by atoms with Gasteiger partial charge in [-0.25, -0.2) is 14.8 Å². The average molecular weight is 482 g/mol. The Morgan fingerprint density at radius 1 is 1.03 bits per heavy atom. The molecule has 0 aliphatic heterocycles. The molecule has 0 saturated carbocycles. The van der Waals surface area contributed by atoms with E-state index in [1.54, 1.807) is 26.5 Å². The molecule has 10 heteroatoms. The number of fused-ring (bicyclic) bond motifs is 1. The van der Waals surface area contributed by atoms with Crippen molar-refractivity contribution in [3.05, 3.63) is 30.5 Å². The van der Waals surface area contributed by atoms with Crippen LogP contribution in [0.15, 0.2) is 30.5 Å². The van der Waals surface area contributed by atoms with Gasteiger partial charge in [-0.15, -0.1) is 0 Å². The number of urea groups is 1. The molecule has 0 bridgehead atoms. The average Bonchev–Trinajstić information content (AvgIpc) is 2.79. The molecular weight excluding hydrogens is 446 g/mol. The van der Waals surface area contributed by atoms with Crippen LogP contribution in [0.2, 0.25) is 0 Å². The van der Waals surface area contributed by atoms with Gasteiger partial charge in [0.05, 0.1) is 14.2 Å². The van der Waals surface area contributed by atoms with Crippen LogP contribution >= 0.6 is 0 Å². The lowest BCUT2D eigenvalue weighted by atomic mass is 10.0. The molecule has 0 atom stereocenters. The van der Waals surface area contributed by atoms with Crippen molar-refractivity contribution in [1.29, 1.82) is 0 Å². The van der Waals surface area contributed by atoms with Crippen molar-refractivity contribution in [2.45, 2.75) is 32.7 Å². The van der Waals surface area contributed by atoms with Gasteiger partial charge in [0, 0.05) is 35.3 Å². The summed E-state index contributed by atoms with van der Waals surface area (Å²) < 4.78 is 10.9. The number of rotatable bonds is 9. The van der Waals surface area contributed by atoms with Crippen LogP contribution in [0.3, 0.4) is 0 Å². The second-order valence-electron chi connectivity index (χ2n) is 9.51. The standard InChI is InChI=1S/C25H35N7O3/c1-25(2,3)31-24(33)30-22-20(16-11-18(34-6)14-19(12-16)35-7)13-17-15-27-23(29-21(17)28-22)26-9-8-10-32(4)5/h11-15H,8-10H2,1-7H3,(H3,26,27,28,29,30,31,33). The molecule has 35 heavy (non-hydrogen) atoms. The van der Waals surface area contributed by atoms with Gasteiger partial charge in [0.2, 0.25) is 5.95 Å². The van der Waals surface area contributed by atoms with Gasteiger partial charge >= 0.3 is 6.03 Å². The van der Waals surface area contributed by atoms with Gasteiger partial charge in [0.1, 0.15) is 17.3 Å². The van der Waals surface area contributed by atoms with E-state index in [1.165, 1.54) is 0 Å². The van der Waals surface area contributed by atoms with Crippen LogP contribution in [-0.4, -0.2) is 72.8 Å². The quantitative estimate of drug-likeness (QED) is 0.393. The largest absolute Gasteiger partial charge is 0.497 e. The number of anilines is 2. The number of ether oxygens (including phenoxy) is 2. The third-order valence-corrected chi connectivity index (χ3v) is 5.02. The number of nitrogens with zero attached hydrogens (tertiary/aromatic N) is 4. The minimum atomic E-state index is -0.411. The minimum Gasteiger partial charge on any atom is -0.497 e. The number of hydrogen-bond acceptors (Lipinski definition) is 8. The van der Waals surface area contributed by atoms with E-state index in [0.29, 0.717) is 34.5 Å². The Kier molecular flexibility index (Phi) is 8.29. The summed E-state index contributed by atoms with van der Waals surface area (Å²) >= 11 is 0. The molecule has 0 aliphatic rings. The number of carbonyl (C=O) groups excluding carboxylic acids is 1. The lowest BCUT2D eigenvalue weighted by Crippen LogP contribution is -2.43. The molecule has 3 N–H and O–H groups in total. The van der Waals surface area contributed by atoms with Gasteiger partial charge < -0.3 is 25.0 Å². The monoisotopic (exact) mass is 481 g/mol. The van der Waals surface area contributed by atoms with Gasteiger partial charge in [-0.05, 0) is 71.6 Å². The molecule has 10 nitrogen and oxygen atoms in total. The van der Waals surface area contributed by atoms with Crippen LogP contribution in [0.25, 0.3) is 22.2 Å². The van der Waals surface area contributed by atoms with Crippen LogP contribution in [-0.2, 0) is 0 Å². The normalized spacial score (nSPS) is 11.4. The summed E-state index contributed by atoms with van der Waals surface area (Å²) in [6.45, 7) is 7.44. The highest BCUT2D eigenvalue weighted by molar-refractivity contribution is 5.96. The molecule has 0 spiro atoms. The van der Waals surface area contributed by atoms with Gasteiger partial charge in [-0.2, -0.15) is 4.98 Å². The zero-order valence-electron chi connectivity index (χ0n) is 21.5. The molecule has 0 saturated heterocycles. The van der Waals surface area contributed by atoms with Crippen LogP contribution in [0.4, 0.5) is 16.6 Å². The second-order valence-corrected chi connectivity index (χ2v) is 9.51. The Bertz CT molecular complexity index is 1150. The first-order valence-electron chi connectivity index (χ1n) is 11.5. The van der Waals surface area contributed by atoms with E-state index in [-0.39, 0.29) is 6.03 Å². The fourth-order valence-electron chi connectivity index (χ4n) is 3.40. The van der Waals surface area contributed by atoms with Crippen molar-refractivity contribution in [3.8, 4) is 22.6 Å². The molecule has 3 rings (SSSR count). The second kappa shape index (κ2) is 11.2. The predicted octanol–water partition coefficient (Wildman–Crippen LogP) is 3.99. The number of methoxy groups -OCH3 is 2. The lowest BCUT2D eigenvalue weighted by Gasteiger charge is -2.21. The fraction of sp³-hybridized carbons (Fsp3) is 0.440. The zero-order chi connectivity index (χ0) is 25.6. The maximum atomic E-state index is 12.7. The highest BCUT2D eigenvalue weighted by Gasteiger charge is 2.18. The number of carbonyl (C=O) groups is 1. The van der Waals surface area contributed by atoms with E-state index in [0.717, 1.165) is 30.5 Å². The molecule has 0 aliphatic carbocycles. The van der Waals surface area contributed by atoms with Gasteiger partial charge in [0.15, 0.2) is 5.65 Å².